The van der Waals surface area contributed by atoms with Crippen LogP contribution in [0.3, 0.4) is 0 Å². The number of hydrogen-bond donors (Lipinski definition) is 1. The summed E-state index contributed by atoms with van der Waals surface area (Å²) in [5, 5.41) is 19.4. The number of fused-ring (bicyclic) bond motifs is 1. The number of aliphatic hydroxyl groups is 1. The summed E-state index contributed by atoms with van der Waals surface area (Å²) in [7, 11) is 3.69. The summed E-state index contributed by atoms with van der Waals surface area (Å²) in [6, 6.07) is 3.76. The Morgan fingerprint density at radius 3 is 2.65 bits per heavy atom. The van der Waals surface area contributed by atoms with Crippen molar-refractivity contribution in [2.45, 2.75) is 6.10 Å². The van der Waals surface area contributed by atoms with Crippen molar-refractivity contribution in [3.8, 4) is 11.3 Å². The topological polar surface area (TPSA) is 86.1 Å². The fourth-order valence-corrected chi connectivity index (χ4v) is 2.57. The summed E-state index contributed by atoms with van der Waals surface area (Å²) in [6.45, 7) is 0. The summed E-state index contributed by atoms with van der Waals surface area (Å²) in [5.41, 5.74) is 3.62. The van der Waals surface area contributed by atoms with Crippen molar-refractivity contribution in [3.05, 3.63) is 54.6 Å². The highest BCUT2D eigenvalue weighted by atomic mass is 16.3. The lowest BCUT2D eigenvalue weighted by molar-refractivity contribution is 0.204. The van der Waals surface area contributed by atoms with Crippen molar-refractivity contribution in [1.82, 2.24) is 33.9 Å². The molecular formula is C15H15N7O. The van der Waals surface area contributed by atoms with Crippen molar-refractivity contribution < 1.29 is 5.11 Å². The van der Waals surface area contributed by atoms with Crippen molar-refractivity contribution >= 4 is 5.65 Å². The van der Waals surface area contributed by atoms with Crippen LogP contribution in [-0.4, -0.2) is 39.0 Å². The van der Waals surface area contributed by atoms with Crippen LogP contribution >= 0.6 is 0 Å². The van der Waals surface area contributed by atoms with E-state index in [9.17, 15) is 5.11 Å². The van der Waals surface area contributed by atoms with Crippen LogP contribution in [0, 0.1) is 0 Å². The Balaban J connectivity index is 1.83. The highest BCUT2D eigenvalue weighted by Gasteiger charge is 2.19. The molecule has 0 aliphatic heterocycles. The Kier molecular flexibility index (Phi) is 2.98. The van der Waals surface area contributed by atoms with Gasteiger partial charge in [-0.2, -0.15) is 10.2 Å². The molecule has 8 nitrogen and oxygen atoms in total. The standard InChI is InChI=1S/C15H15N7O/c1-20-9-16-6-12(20)15(23)13-7-17-14-4-3-11(19-22(13)14)10-5-18-21(2)8-10/h3-9,15,23H,1-2H3. The first kappa shape index (κ1) is 13.6. The zero-order valence-electron chi connectivity index (χ0n) is 12.7. The van der Waals surface area contributed by atoms with Gasteiger partial charge in [-0.1, -0.05) is 0 Å². The average molecular weight is 309 g/mol. The molecule has 0 saturated heterocycles. The fourth-order valence-electron chi connectivity index (χ4n) is 2.57. The van der Waals surface area contributed by atoms with Crippen molar-refractivity contribution in [1.29, 1.82) is 0 Å². The molecule has 0 aliphatic rings. The van der Waals surface area contributed by atoms with Crippen LogP contribution in [0.4, 0.5) is 0 Å². The molecular weight excluding hydrogens is 294 g/mol. The second-order valence-electron chi connectivity index (χ2n) is 5.41. The number of rotatable bonds is 3. The lowest BCUT2D eigenvalue weighted by Gasteiger charge is -2.10. The van der Waals surface area contributed by atoms with Gasteiger partial charge in [-0.15, -0.1) is 0 Å². The van der Waals surface area contributed by atoms with Gasteiger partial charge in [-0.05, 0) is 12.1 Å². The first-order valence-corrected chi connectivity index (χ1v) is 7.11. The van der Waals surface area contributed by atoms with E-state index in [2.05, 4.69) is 20.2 Å². The largest absolute Gasteiger partial charge is 0.380 e. The van der Waals surface area contributed by atoms with Gasteiger partial charge in [-0.25, -0.2) is 14.5 Å². The zero-order chi connectivity index (χ0) is 16.0. The van der Waals surface area contributed by atoms with Gasteiger partial charge in [0.2, 0.25) is 0 Å². The lowest BCUT2D eigenvalue weighted by Crippen LogP contribution is -2.09. The highest BCUT2D eigenvalue weighted by molar-refractivity contribution is 5.58. The molecule has 1 atom stereocenters. The molecule has 116 valence electrons. The maximum absolute atomic E-state index is 10.6. The van der Waals surface area contributed by atoms with E-state index in [4.69, 9.17) is 0 Å². The van der Waals surface area contributed by atoms with Gasteiger partial charge in [-0.3, -0.25) is 4.68 Å². The molecule has 8 heteroatoms. The van der Waals surface area contributed by atoms with Crippen LogP contribution in [0.25, 0.3) is 16.9 Å². The molecule has 0 amide bonds. The third kappa shape index (κ3) is 2.20. The summed E-state index contributed by atoms with van der Waals surface area (Å²) < 4.78 is 5.15. The van der Waals surface area contributed by atoms with Crippen molar-refractivity contribution in [3.63, 3.8) is 0 Å². The van der Waals surface area contributed by atoms with E-state index >= 15 is 0 Å². The summed E-state index contributed by atoms with van der Waals surface area (Å²) in [6.07, 6.45) is 7.71. The smallest absolute Gasteiger partial charge is 0.153 e. The number of aromatic nitrogens is 7. The Bertz CT molecular complexity index is 981. The Hall–Kier alpha value is -3.00. The quantitative estimate of drug-likeness (QED) is 0.609. The minimum atomic E-state index is -0.853. The first-order valence-electron chi connectivity index (χ1n) is 7.11. The number of aliphatic hydroxyl groups excluding tert-OH is 1. The molecule has 1 N–H and O–H groups in total. The predicted octanol–water partition coefficient (Wildman–Crippen LogP) is 0.945. The minimum Gasteiger partial charge on any atom is -0.380 e. The number of imidazole rings is 2. The van der Waals surface area contributed by atoms with Gasteiger partial charge in [0.05, 0.1) is 42.0 Å². The molecule has 0 aliphatic carbocycles. The normalized spacial score (nSPS) is 12.8. The Labute approximate surface area is 131 Å². The van der Waals surface area contributed by atoms with Gasteiger partial charge in [0, 0.05) is 25.9 Å². The van der Waals surface area contributed by atoms with Gasteiger partial charge in [0.25, 0.3) is 0 Å². The second kappa shape index (κ2) is 5.03. The SMILES string of the molecule is Cn1cc(-c2ccc3ncc(C(O)c4cncn4C)n3n2)cn1. The Morgan fingerprint density at radius 1 is 1.09 bits per heavy atom. The first-order chi connectivity index (χ1) is 11.1. The maximum atomic E-state index is 10.6. The van der Waals surface area contributed by atoms with Crippen LogP contribution in [-0.2, 0) is 14.1 Å². The van der Waals surface area contributed by atoms with Gasteiger partial charge in [0.1, 0.15) is 6.10 Å². The van der Waals surface area contributed by atoms with E-state index in [0.29, 0.717) is 17.0 Å². The molecule has 4 aromatic rings. The fraction of sp³-hybridized carbons (Fsp3) is 0.200. The van der Waals surface area contributed by atoms with Gasteiger partial charge >= 0.3 is 0 Å². The molecule has 0 fully saturated rings. The lowest BCUT2D eigenvalue weighted by atomic mass is 10.2. The van der Waals surface area contributed by atoms with E-state index < -0.39 is 6.10 Å². The highest BCUT2D eigenvalue weighted by Crippen LogP contribution is 2.23. The molecule has 1 unspecified atom stereocenters. The van der Waals surface area contributed by atoms with Crippen molar-refractivity contribution in [2.75, 3.05) is 0 Å². The minimum absolute atomic E-state index is 0.592. The van der Waals surface area contributed by atoms with Crippen LogP contribution in [0.15, 0.2) is 43.2 Å². The molecule has 0 saturated carbocycles. The number of hydrogen-bond acceptors (Lipinski definition) is 5. The maximum Gasteiger partial charge on any atom is 0.153 e. The van der Waals surface area contributed by atoms with E-state index in [1.54, 1.807) is 38.7 Å². The van der Waals surface area contributed by atoms with Crippen LogP contribution in [0.5, 0.6) is 0 Å². The molecule has 4 heterocycles. The number of nitrogens with zero attached hydrogens (tertiary/aromatic N) is 7. The third-order valence-electron chi connectivity index (χ3n) is 3.80. The van der Waals surface area contributed by atoms with Crippen LogP contribution < -0.4 is 0 Å². The van der Waals surface area contributed by atoms with Gasteiger partial charge < -0.3 is 9.67 Å². The number of aryl methyl sites for hydroxylation is 2. The molecule has 0 spiro atoms. The van der Waals surface area contributed by atoms with Crippen LogP contribution in [0.1, 0.15) is 17.5 Å². The molecule has 4 rings (SSSR count). The molecule has 0 bridgehead atoms. The van der Waals surface area contributed by atoms with E-state index in [0.717, 1.165) is 11.3 Å². The summed E-state index contributed by atoms with van der Waals surface area (Å²) in [4.78, 5) is 8.35. The molecule has 23 heavy (non-hydrogen) atoms. The third-order valence-corrected chi connectivity index (χ3v) is 3.80. The van der Waals surface area contributed by atoms with Crippen molar-refractivity contribution in [2.24, 2.45) is 14.1 Å². The Morgan fingerprint density at radius 2 is 1.96 bits per heavy atom. The molecule has 0 aromatic carbocycles. The van der Waals surface area contributed by atoms with E-state index in [1.165, 1.54) is 0 Å². The van der Waals surface area contributed by atoms with E-state index in [-0.39, 0.29) is 0 Å². The monoisotopic (exact) mass is 309 g/mol. The predicted molar refractivity (Wildman–Crippen MR) is 82.5 cm³/mol. The summed E-state index contributed by atoms with van der Waals surface area (Å²) in [5.74, 6) is 0. The summed E-state index contributed by atoms with van der Waals surface area (Å²) >= 11 is 0. The average Bonchev–Trinajstić information content (AvgIpc) is 3.25. The molecule has 0 radical (unpaired) electrons. The van der Waals surface area contributed by atoms with Gasteiger partial charge in [0.15, 0.2) is 5.65 Å². The second-order valence-corrected chi connectivity index (χ2v) is 5.41. The zero-order valence-corrected chi connectivity index (χ0v) is 12.7. The van der Waals surface area contributed by atoms with E-state index in [1.807, 2.05) is 32.4 Å². The van der Waals surface area contributed by atoms with Crippen LogP contribution in [0.2, 0.25) is 0 Å². The molecule has 4 aromatic heterocycles.